The molecule has 0 spiro atoms. The highest BCUT2D eigenvalue weighted by molar-refractivity contribution is 9.10. The van der Waals surface area contributed by atoms with E-state index in [-0.39, 0.29) is 11.3 Å². The van der Waals surface area contributed by atoms with Gasteiger partial charge in [-0.1, -0.05) is 0 Å². The summed E-state index contributed by atoms with van der Waals surface area (Å²) in [6.45, 7) is 0. The summed E-state index contributed by atoms with van der Waals surface area (Å²) in [5, 5.41) is 2.59. The number of rotatable bonds is 3. The van der Waals surface area contributed by atoms with E-state index in [4.69, 9.17) is 4.74 Å². The van der Waals surface area contributed by atoms with Gasteiger partial charge >= 0.3 is 0 Å². The minimum atomic E-state index is -0.549. The zero-order valence-corrected chi connectivity index (χ0v) is 12.0. The molecule has 0 heterocycles. The van der Waals surface area contributed by atoms with Crippen molar-refractivity contribution in [3.05, 3.63) is 58.1 Å². The molecule has 0 radical (unpaired) electrons. The maximum atomic E-state index is 13.3. The topological polar surface area (TPSA) is 38.3 Å². The lowest BCUT2D eigenvalue weighted by molar-refractivity contribution is 0.102. The number of carbonyl (C=O) groups excluding carboxylic acids is 1. The molecule has 2 aromatic carbocycles. The highest BCUT2D eigenvalue weighted by Gasteiger charge is 2.12. The summed E-state index contributed by atoms with van der Waals surface area (Å²) in [5.74, 6) is -1.43. The predicted molar refractivity (Wildman–Crippen MR) is 75.0 cm³/mol. The minimum Gasteiger partial charge on any atom is -0.494 e. The van der Waals surface area contributed by atoms with Gasteiger partial charge in [0.05, 0.1) is 12.8 Å². The fourth-order valence-corrected chi connectivity index (χ4v) is 2.04. The van der Waals surface area contributed by atoms with Crippen LogP contribution in [0.5, 0.6) is 5.75 Å². The Kier molecular flexibility index (Phi) is 4.34. The van der Waals surface area contributed by atoms with E-state index in [0.717, 1.165) is 6.07 Å². The number of halogens is 3. The zero-order valence-electron chi connectivity index (χ0n) is 10.4. The largest absolute Gasteiger partial charge is 0.494 e. The van der Waals surface area contributed by atoms with Crippen molar-refractivity contribution in [1.82, 2.24) is 0 Å². The molecule has 104 valence electrons. The van der Waals surface area contributed by atoms with Crippen molar-refractivity contribution in [2.75, 3.05) is 12.4 Å². The van der Waals surface area contributed by atoms with Gasteiger partial charge in [0, 0.05) is 10.0 Å². The molecule has 0 aliphatic rings. The lowest BCUT2D eigenvalue weighted by Gasteiger charge is -2.09. The van der Waals surface area contributed by atoms with Crippen molar-refractivity contribution in [3.63, 3.8) is 0 Å². The zero-order chi connectivity index (χ0) is 14.7. The molecule has 0 saturated carbocycles. The molecule has 0 aliphatic carbocycles. The molecule has 6 heteroatoms. The van der Waals surface area contributed by atoms with E-state index < -0.39 is 17.5 Å². The van der Waals surface area contributed by atoms with E-state index in [1.165, 1.54) is 37.4 Å². The van der Waals surface area contributed by atoms with Crippen molar-refractivity contribution in [3.8, 4) is 5.75 Å². The third kappa shape index (κ3) is 3.14. The third-order valence-electron chi connectivity index (χ3n) is 2.59. The average Bonchev–Trinajstić information content (AvgIpc) is 2.42. The van der Waals surface area contributed by atoms with E-state index in [2.05, 4.69) is 21.2 Å². The van der Waals surface area contributed by atoms with Crippen LogP contribution >= 0.6 is 15.9 Å². The fraction of sp³-hybridized carbons (Fsp3) is 0.0714. The van der Waals surface area contributed by atoms with E-state index in [0.29, 0.717) is 10.2 Å². The van der Waals surface area contributed by atoms with Crippen LogP contribution in [0.15, 0.2) is 40.9 Å². The minimum absolute atomic E-state index is 0.0178. The highest BCUT2D eigenvalue weighted by Crippen LogP contribution is 2.24. The molecular formula is C14H10BrF2NO2. The molecule has 2 aromatic rings. The Bertz CT molecular complexity index is 662. The molecule has 0 bridgehead atoms. The van der Waals surface area contributed by atoms with Crippen LogP contribution in [0.4, 0.5) is 14.5 Å². The van der Waals surface area contributed by atoms with Crippen LogP contribution in [0.25, 0.3) is 0 Å². The van der Waals surface area contributed by atoms with Gasteiger partial charge in [-0.3, -0.25) is 4.79 Å². The molecule has 0 aliphatic heterocycles. The molecule has 1 N–H and O–H groups in total. The fourth-order valence-electron chi connectivity index (χ4n) is 1.59. The second-order valence-corrected chi connectivity index (χ2v) is 4.78. The lowest BCUT2D eigenvalue weighted by Crippen LogP contribution is -2.12. The molecule has 2 rings (SSSR count). The molecule has 0 atom stereocenters. The summed E-state index contributed by atoms with van der Waals surface area (Å²) in [7, 11) is 1.32. The summed E-state index contributed by atoms with van der Waals surface area (Å²) < 4.78 is 31.4. The third-order valence-corrected chi connectivity index (χ3v) is 3.25. The first-order valence-corrected chi connectivity index (χ1v) is 6.40. The van der Waals surface area contributed by atoms with Crippen LogP contribution in [0, 0.1) is 11.6 Å². The standard InChI is InChI=1S/C14H10BrF2NO2/c1-20-13-6-8(2-4-11(13)17)14(19)18-12-5-3-9(16)7-10(12)15/h2-7H,1H3,(H,18,19). The molecular weight excluding hydrogens is 332 g/mol. The van der Waals surface area contributed by atoms with Crippen LogP contribution in [0.3, 0.4) is 0 Å². The van der Waals surface area contributed by atoms with Gasteiger partial charge in [0.2, 0.25) is 0 Å². The lowest BCUT2D eigenvalue weighted by atomic mass is 10.2. The number of ether oxygens (including phenoxy) is 1. The number of amides is 1. The van der Waals surface area contributed by atoms with Gasteiger partial charge in [0.25, 0.3) is 5.91 Å². The predicted octanol–water partition coefficient (Wildman–Crippen LogP) is 3.99. The number of methoxy groups -OCH3 is 1. The van der Waals surface area contributed by atoms with Crippen LogP contribution in [0.1, 0.15) is 10.4 Å². The quantitative estimate of drug-likeness (QED) is 0.916. The first kappa shape index (κ1) is 14.5. The Balaban J connectivity index is 2.24. The van der Waals surface area contributed by atoms with Crippen molar-refractivity contribution in [2.45, 2.75) is 0 Å². The Hall–Kier alpha value is -1.95. The van der Waals surface area contributed by atoms with Crippen LogP contribution < -0.4 is 10.1 Å². The molecule has 20 heavy (non-hydrogen) atoms. The maximum absolute atomic E-state index is 13.3. The summed E-state index contributed by atoms with van der Waals surface area (Å²) in [6, 6.07) is 7.67. The smallest absolute Gasteiger partial charge is 0.255 e. The van der Waals surface area contributed by atoms with E-state index in [1.54, 1.807) is 0 Å². The van der Waals surface area contributed by atoms with E-state index in [9.17, 15) is 13.6 Å². The first-order chi connectivity index (χ1) is 9.51. The average molecular weight is 342 g/mol. The van der Waals surface area contributed by atoms with Gasteiger partial charge in [-0.2, -0.15) is 0 Å². The normalized spacial score (nSPS) is 10.2. The Morgan fingerprint density at radius 2 is 1.95 bits per heavy atom. The maximum Gasteiger partial charge on any atom is 0.255 e. The monoisotopic (exact) mass is 341 g/mol. The van der Waals surface area contributed by atoms with E-state index >= 15 is 0 Å². The van der Waals surface area contributed by atoms with Crippen molar-refractivity contribution < 1.29 is 18.3 Å². The van der Waals surface area contributed by atoms with Gasteiger partial charge in [-0.15, -0.1) is 0 Å². The Morgan fingerprint density at radius 1 is 1.20 bits per heavy atom. The first-order valence-electron chi connectivity index (χ1n) is 5.61. The van der Waals surface area contributed by atoms with Crippen LogP contribution in [-0.4, -0.2) is 13.0 Å². The number of hydrogen-bond donors (Lipinski definition) is 1. The Labute approximate surface area is 122 Å². The van der Waals surface area contributed by atoms with Crippen LogP contribution in [0.2, 0.25) is 0 Å². The number of anilines is 1. The van der Waals surface area contributed by atoms with Crippen molar-refractivity contribution >= 4 is 27.5 Å². The number of carbonyl (C=O) groups is 1. The summed E-state index contributed by atoms with van der Waals surface area (Å²) in [6.07, 6.45) is 0. The number of nitrogens with one attached hydrogen (secondary N) is 1. The second-order valence-electron chi connectivity index (χ2n) is 3.93. The SMILES string of the molecule is COc1cc(C(=O)Nc2ccc(F)cc2Br)ccc1F. The van der Waals surface area contributed by atoms with Gasteiger partial charge in [0.1, 0.15) is 5.82 Å². The van der Waals surface area contributed by atoms with Crippen LogP contribution in [-0.2, 0) is 0 Å². The Morgan fingerprint density at radius 3 is 2.60 bits per heavy atom. The molecule has 0 saturated heterocycles. The summed E-state index contributed by atoms with van der Waals surface area (Å²) in [5.41, 5.74) is 0.652. The van der Waals surface area contributed by atoms with Crippen molar-refractivity contribution in [2.24, 2.45) is 0 Å². The van der Waals surface area contributed by atoms with Gasteiger partial charge in [0.15, 0.2) is 11.6 Å². The van der Waals surface area contributed by atoms with Gasteiger partial charge in [-0.05, 0) is 52.3 Å². The molecule has 0 unspecified atom stereocenters. The summed E-state index contributed by atoms with van der Waals surface area (Å²) >= 11 is 3.15. The molecule has 0 fully saturated rings. The number of benzene rings is 2. The highest BCUT2D eigenvalue weighted by atomic mass is 79.9. The van der Waals surface area contributed by atoms with Crippen molar-refractivity contribution in [1.29, 1.82) is 0 Å². The van der Waals surface area contributed by atoms with E-state index in [1.807, 2.05) is 0 Å². The molecule has 3 nitrogen and oxygen atoms in total. The molecule has 1 amide bonds. The second kappa shape index (κ2) is 6.00. The van der Waals surface area contributed by atoms with Gasteiger partial charge < -0.3 is 10.1 Å². The summed E-state index contributed by atoms with van der Waals surface area (Å²) in [4.78, 5) is 12.0. The van der Waals surface area contributed by atoms with Gasteiger partial charge in [-0.25, -0.2) is 8.78 Å². The molecule has 0 aromatic heterocycles. The number of hydrogen-bond acceptors (Lipinski definition) is 2.